The van der Waals surface area contributed by atoms with Crippen molar-refractivity contribution in [2.75, 3.05) is 68.0 Å². The molecule has 3 N–H and O–H groups in total. The summed E-state index contributed by atoms with van der Waals surface area (Å²) >= 11 is 0. The number of nitrogens with one attached hydrogen (secondary N) is 3. The fourth-order valence-electron chi connectivity index (χ4n) is 5.98. The second-order valence-corrected chi connectivity index (χ2v) is 11.7. The van der Waals surface area contributed by atoms with Gasteiger partial charge in [0.2, 0.25) is 23.6 Å². The molecule has 1 atom stereocenters. The number of piperidine rings is 2. The fourth-order valence-corrected chi connectivity index (χ4v) is 5.98. The number of carbonyl (C=O) groups excluding carboxylic acids is 5. The van der Waals surface area contributed by atoms with E-state index < -0.39 is 6.04 Å². The molecule has 12 heteroatoms. The molecule has 3 fully saturated rings. The summed E-state index contributed by atoms with van der Waals surface area (Å²) in [7, 11) is 0. The molecule has 5 rings (SSSR count). The van der Waals surface area contributed by atoms with Gasteiger partial charge in [-0.3, -0.25) is 29.3 Å². The predicted molar refractivity (Wildman–Crippen MR) is 170 cm³/mol. The van der Waals surface area contributed by atoms with Gasteiger partial charge in [0.15, 0.2) is 6.29 Å². The third-order valence-electron chi connectivity index (χ3n) is 8.66. The van der Waals surface area contributed by atoms with Crippen molar-refractivity contribution >= 4 is 47.0 Å². The van der Waals surface area contributed by atoms with Crippen molar-refractivity contribution in [1.29, 1.82) is 0 Å². The minimum absolute atomic E-state index is 0.0514. The van der Waals surface area contributed by atoms with Crippen LogP contribution in [0.5, 0.6) is 0 Å². The summed E-state index contributed by atoms with van der Waals surface area (Å²) in [5, 5.41) is 8.98. The maximum Gasteiger partial charge on any atom is 0.249 e. The largest absolute Gasteiger partial charge is 0.382 e. The van der Waals surface area contributed by atoms with E-state index >= 15 is 0 Å². The first kappa shape index (κ1) is 32.0. The van der Waals surface area contributed by atoms with Gasteiger partial charge in [0.25, 0.3) is 0 Å². The number of hydrogen-bond acceptors (Lipinski definition) is 9. The molecule has 45 heavy (non-hydrogen) atoms. The van der Waals surface area contributed by atoms with E-state index in [2.05, 4.69) is 20.9 Å². The molecule has 0 aromatic heterocycles. The molecular weight excluding hydrogens is 576 g/mol. The molecule has 240 valence electrons. The van der Waals surface area contributed by atoms with Gasteiger partial charge in [-0.2, -0.15) is 0 Å². The Balaban J connectivity index is 0.932. The van der Waals surface area contributed by atoms with Gasteiger partial charge in [0, 0.05) is 74.4 Å². The highest BCUT2D eigenvalue weighted by atomic mass is 16.5. The molecule has 0 saturated carbocycles. The second kappa shape index (κ2) is 15.5. The fraction of sp³-hybridized carbons (Fsp3) is 0.485. The molecule has 12 nitrogen and oxygen atoms in total. The van der Waals surface area contributed by atoms with Gasteiger partial charge in [-0.15, -0.1) is 0 Å². The maximum absolute atomic E-state index is 12.7. The lowest BCUT2D eigenvalue weighted by Crippen LogP contribution is -2.49. The number of imide groups is 1. The standard InChI is InChI=1S/C33H42N6O6/c40-23-24-3-1-2-4-28(24)34-26-11-15-38(16-12-26)31(42)13-21-45-22-14-32(43)39-19-17-37(18-20-39)27-7-5-25(6-8-27)35-29-9-10-30(41)36-33(29)44/h1-8,23,26,29,34-35H,9-22H2,(H,36,41,44). The molecule has 2 aromatic carbocycles. The van der Waals surface area contributed by atoms with Crippen molar-refractivity contribution in [2.24, 2.45) is 0 Å². The number of carbonyl (C=O) groups is 5. The molecule has 3 aliphatic heterocycles. The molecule has 4 amide bonds. The van der Waals surface area contributed by atoms with Crippen LogP contribution >= 0.6 is 0 Å². The highest BCUT2D eigenvalue weighted by Crippen LogP contribution is 2.22. The van der Waals surface area contributed by atoms with Crippen LogP contribution in [0.4, 0.5) is 17.1 Å². The van der Waals surface area contributed by atoms with Crippen LogP contribution in [0.1, 0.15) is 48.9 Å². The van der Waals surface area contributed by atoms with E-state index in [1.807, 2.05) is 52.3 Å². The summed E-state index contributed by atoms with van der Waals surface area (Å²) in [4.78, 5) is 65.9. The molecule has 0 radical (unpaired) electrons. The highest BCUT2D eigenvalue weighted by Gasteiger charge is 2.27. The minimum Gasteiger partial charge on any atom is -0.382 e. The van der Waals surface area contributed by atoms with Crippen LogP contribution in [-0.4, -0.2) is 104 Å². The number of benzene rings is 2. The van der Waals surface area contributed by atoms with Gasteiger partial charge in [-0.25, -0.2) is 0 Å². The van der Waals surface area contributed by atoms with E-state index in [-0.39, 0.29) is 42.7 Å². The van der Waals surface area contributed by atoms with Crippen LogP contribution in [0.3, 0.4) is 0 Å². The number of likely N-dealkylation sites (tertiary alicyclic amines) is 1. The van der Waals surface area contributed by atoms with Gasteiger partial charge < -0.3 is 30.1 Å². The van der Waals surface area contributed by atoms with E-state index in [1.54, 1.807) is 6.07 Å². The molecule has 0 spiro atoms. The zero-order valence-corrected chi connectivity index (χ0v) is 25.5. The third-order valence-corrected chi connectivity index (χ3v) is 8.66. The number of para-hydroxylation sites is 1. The first-order valence-electron chi connectivity index (χ1n) is 15.8. The molecule has 1 unspecified atom stereocenters. The molecule has 0 aliphatic carbocycles. The van der Waals surface area contributed by atoms with Crippen LogP contribution in [-0.2, 0) is 23.9 Å². The predicted octanol–water partition coefficient (Wildman–Crippen LogP) is 2.26. The summed E-state index contributed by atoms with van der Waals surface area (Å²) < 4.78 is 5.65. The van der Waals surface area contributed by atoms with Gasteiger partial charge in [0.1, 0.15) is 6.04 Å². The van der Waals surface area contributed by atoms with Gasteiger partial charge in [0.05, 0.1) is 26.1 Å². The van der Waals surface area contributed by atoms with Gasteiger partial charge in [-0.1, -0.05) is 12.1 Å². The average molecular weight is 619 g/mol. The van der Waals surface area contributed by atoms with E-state index in [1.165, 1.54) is 0 Å². The number of rotatable bonds is 12. The van der Waals surface area contributed by atoms with Crippen LogP contribution in [0.15, 0.2) is 48.5 Å². The third kappa shape index (κ3) is 8.81. The molecule has 3 aliphatic rings. The Morgan fingerprint density at radius 2 is 1.47 bits per heavy atom. The normalized spacial score (nSPS) is 19.2. The van der Waals surface area contributed by atoms with Crippen molar-refractivity contribution < 1.29 is 28.7 Å². The van der Waals surface area contributed by atoms with Crippen molar-refractivity contribution in [3.05, 3.63) is 54.1 Å². The van der Waals surface area contributed by atoms with E-state index in [0.717, 1.165) is 49.3 Å². The van der Waals surface area contributed by atoms with Crippen LogP contribution in [0, 0.1) is 0 Å². The van der Waals surface area contributed by atoms with E-state index in [4.69, 9.17) is 4.74 Å². The van der Waals surface area contributed by atoms with Crippen LogP contribution in [0.2, 0.25) is 0 Å². The first-order valence-corrected chi connectivity index (χ1v) is 15.8. The Kier molecular flexibility index (Phi) is 11.0. The number of anilines is 3. The molecule has 0 bridgehead atoms. The van der Waals surface area contributed by atoms with Crippen molar-refractivity contribution in [3.63, 3.8) is 0 Å². The number of hydrogen-bond donors (Lipinski definition) is 3. The first-order chi connectivity index (χ1) is 21.9. The topological polar surface area (TPSA) is 140 Å². The Hall–Kier alpha value is -4.45. The summed E-state index contributed by atoms with van der Waals surface area (Å²) in [6.45, 7) is 4.59. The van der Waals surface area contributed by atoms with Crippen molar-refractivity contribution in [1.82, 2.24) is 15.1 Å². The smallest absolute Gasteiger partial charge is 0.249 e. The minimum atomic E-state index is -0.418. The van der Waals surface area contributed by atoms with Crippen molar-refractivity contribution in [3.8, 4) is 0 Å². The number of piperazine rings is 1. The summed E-state index contributed by atoms with van der Waals surface area (Å²) in [6, 6.07) is 15.1. The molecular formula is C33H42N6O6. The lowest BCUT2D eigenvalue weighted by atomic mass is 10.0. The molecule has 3 saturated heterocycles. The number of amides is 4. The molecule has 2 aromatic rings. The summed E-state index contributed by atoms with van der Waals surface area (Å²) in [5.74, 6) is -0.419. The maximum atomic E-state index is 12.7. The Bertz CT molecular complexity index is 1350. The quantitative estimate of drug-likeness (QED) is 0.186. The number of aldehydes is 1. The van der Waals surface area contributed by atoms with Crippen LogP contribution < -0.4 is 20.9 Å². The summed E-state index contributed by atoms with van der Waals surface area (Å²) in [5.41, 5.74) is 3.33. The van der Waals surface area contributed by atoms with Gasteiger partial charge >= 0.3 is 0 Å². The lowest BCUT2D eigenvalue weighted by molar-refractivity contribution is -0.135. The highest BCUT2D eigenvalue weighted by molar-refractivity contribution is 6.01. The molecule has 3 heterocycles. The second-order valence-electron chi connectivity index (χ2n) is 11.7. The number of nitrogens with zero attached hydrogens (tertiary/aromatic N) is 3. The average Bonchev–Trinajstić information content (AvgIpc) is 3.06. The van der Waals surface area contributed by atoms with Gasteiger partial charge in [-0.05, 0) is 55.7 Å². The van der Waals surface area contributed by atoms with Crippen LogP contribution in [0.25, 0.3) is 0 Å². The zero-order chi connectivity index (χ0) is 31.6. The summed E-state index contributed by atoms with van der Waals surface area (Å²) in [6.07, 6.45) is 3.86. The monoisotopic (exact) mass is 618 g/mol. The number of ether oxygens (including phenoxy) is 1. The SMILES string of the molecule is O=Cc1ccccc1NC1CCN(C(=O)CCOCCC(=O)N2CCN(c3ccc(NC4CCC(=O)NC4=O)cc3)CC2)CC1. The lowest BCUT2D eigenvalue weighted by Gasteiger charge is -2.36. The van der Waals surface area contributed by atoms with E-state index in [0.29, 0.717) is 57.6 Å². The van der Waals surface area contributed by atoms with Crippen molar-refractivity contribution in [2.45, 2.75) is 50.6 Å². The Morgan fingerprint density at radius 3 is 2.11 bits per heavy atom. The Labute approximate surface area is 263 Å². The Morgan fingerprint density at radius 1 is 0.822 bits per heavy atom. The zero-order valence-electron chi connectivity index (χ0n) is 25.5. The van der Waals surface area contributed by atoms with E-state index in [9.17, 15) is 24.0 Å².